The number of nitrogens with zero attached hydrogens (tertiary/aromatic N) is 3. The molecule has 0 bridgehead atoms. The molecule has 0 saturated heterocycles. The molecule has 6 nitrogen and oxygen atoms in total. The van der Waals surface area contributed by atoms with Crippen LogP contribution in [0.3, 0.4) is 0 Å². The van der Waals surface area contributed by atoms with Crippen molar-refractivity contribution >= 4 is 17.4 Å². The second kappa shape index (κ2) is 10.2. The van der Waals surface area contributed by atoms with Crippen molar-refractivity contribution in [3.8, 4) is 5.75 Å². The molecule has 0 unspecified atom stereocenters. The minimum atomic E-state index is -0.286. The number of Topliss-reactive ketones (excluding diaryl/α,β-unsaturated/α-hetero) is 1. The maximum atomic E-state index is 13.3. The van der Waals surface area contributed by atoms with Gasteiger partial charge in [-0.2, -0.15) is 0 Å². The number of rotatable bonds is 8. The van der Waals surface area contributed by atoms with E-state index < -0.39 is 0 Å². The largest absolute Gasteiger partial charge is 0.497 e. The number of carbonyl (C=O) groups excluding carboxylic acids is 2. The van der Waals surface area contributed by atoms with Crippen molar-refractivity contribution in [2.75, 3.05) is 20.7 Å². The first-order valence-corrected chi connectivity index (χ1v) is 11.8. The summed E-state index contributed by atoms with van der Waals surface area (Å²) >= 11 is 0. The van der Waals surface area contributed by atoms with Crippen molar-refractivity contribution in [1.82, 2.24) is 9.88 Å². The van der Waals surface area contributed by atoms with Crippen LogP contribution in [0.5, 0.6) is 5.75 Å². The van der Waals surface area contributed by atoms with E-state index in [9.17, 15) is 9.59 Å². The monoisotopic (exact) mass is 469 g/mol. The second-order valence-corrected chi connectivity index (χ2v) is 9.55. The lowest BCUT2D eigenvalue weighted by Gasteiger charge is -2.29. The van der Waals surface area contributed by atoms with E-state index in [2.05, 4.69) is 24.9 Å². The van der Waals surface area contributed by atoms with E-state index in [1.807, 2.05) is 30.3 Å². The molecule has 6 heteroatoms. The van der Waals surface area contributed by atoms with Gasteiger partial charge in [0, 0.05) is 48.6 Å². The fourth-order valence-corrected chi connectivity index (χ4v) is 4.40. The topological polar surface area (TPSA) is 71.9 Å². The minimum absolute atomic E-state index is 0.0685. The molecule has 0 radical (unpaired) electrons. The number of carbonyl (C=O) groups is 2. The first kappa shape index (κ1) is 24.3. The lowest BCUT2D eigenvalue weighted by molar-refractivity contribution is 0.0796. The highest BCUT2D eigenvalue weighted by Crippen LogP contribution is 2.31. The first-order chi connectivity index (χ1) is 16.8. The molecule has 180 valence electrons. The number of aromatic nitrogens is 1. The minimum Gasteiger partial charge on any atom is -0.497 e. The van der Waals surface area contributed by atoms with Gasteiger partial charge in [0.05, 0.1) is 24.8 Å². The van der Waals surface area contributed by atoms with Gasteiger partial charge < -0.3 is 9.64 Å². The lowest BCUT2D eigenvalue weighted by Crippen LogP contribution is -2.30. The van der Waals surface area contributed by atoms with E-state index in [1.54, 1.807) is 49.5 Å². The summed E-state index contributed by atoms with van der Waals surface area (Å²) in [5, 5.41) is 0. The van der Waals surface area contributed by atoms with Gasteiger partial charge in [-0.3, -0.25) is 19.6 Å². The van der Waals surface area contributed by atoms with Crippen molar-refractivity contribution < 1.29 is 14.3 Å². The van der Waals surface area contributed by atoms with Crippen molar-refractivity contribution in [1.29, 1.82) is 0 Å². The Labute approximate surface area is 206 Å². The van der Waals surface area contributed by atoms with Crippen LogP contribution in [-0.4, -0.2) is 53.5 Å². The van der Waals surface area contributed by atoms with E-state index in [1.165, 1.54) is 0 Å². The maximum Gasteiger partial charge on any atom is 0.253 e. The molecule has 0 spiro atoms. The van der Waals surface area contributed by atoms with Crippen LogP contribution in [0.25, 0.3) is 0 Å². The zero-order valence-corrected chi connectivity index (χ0v) is 20.7. The normalized spacial score (nSPS) is 14.0. The number of hydrogen-bond acceptors (Lipinski definition) is 5. The summed E-state index contributed by atoms with van der Waals surface area (Å²) in [7, 11) is 3.40. The van der Waals surface area contributed by atoms with Crippen LogP contribution < -0.4 is 4.74 Å². The van der Waals surface area contributed by atoms with E-state index in [-0.39, 0.29) is 23.7 Å². The van der Waals surface area contributed by atoms with Gasteiger partial charge in [-0.15, -0.1) is 0 Å². The zero-order chi connectivity index (χ0) is 25.0. The summed E-state index contributed by atoms with van der Waals surface area (Å²) < 4.78 is 5.40. The van der Waals surface area contributed by atoms with Crippen LogP contribution in [0.1, 0.15) is 57.8 Å². The number of likely N-dealkylation sites (N-methyl/N-ethyl adjacent to an activating group) is 1. The van der Waals surface area contributed by atoms with Gasteiger partial charge in [-0.25, -0.2) is 0 Å². The lowest BCUT2D eigenvalue weighted by atomic mass is 9.85. The third kappa shape index (κ3) is 5.83. The Morgan fingerprint density at radius 1 is 1.03 bits per heavy atom. The number of pyridine rings is 1. The highest BCUT2D eigenvalue weighted by atomic mass is 16.5. The molecule has 0 N–H and O–H groups in total. The molecule has 0 saturated carbocycles. The van der Waals surface area contributed by atoms with Crippen molar-refractivity contribution in [2.24, 2.45) is 4.99 Å². The standard InChI is InChI=1S/C29H31N3O3/c1-29(2)19-22-11-12-24(35-4)17-25(22)26(31-29)18-27(33)20-8-7-9-21(16-20)28(34)32(3)15-13-23-10-5-6-14-30-23/h5-12,14,16-17H,13,15,18-19H2,1-4H3. The number of fused-ring (bicyclic) bond motifs is 1. The summed E-state index contributed by atoms with van der Waals surface area (Å²) in [6, 6.07) is 18.6. The highest BCUT2D eigenvalue weighted by Gasteiger charge is 2.28. The summed E-state index contributed by atoms with van der Waals surface area (Å²) in [5.74, 6) is 0.549. The molecule has 1 aromatic heterocycles. The summed E-state index contributed by atoms with van der Waals surface area (Å²) in [5.41, 5.74) is 4.52. The fraction of sp³-hybridized carbons (Fsp3) is 0.310. The highest BCUT2D eigenvalue weighted by molar-refractivity contribution is 6.17. The smallest absolute Gasteiger partial charge is 0.253 e. The summed E-state index contributed by atoms with van der Waals surface area (Å²) in [4.78, 5) is 37.2. The van der Waals surface area contributed by atoms with E-state index in [0.29, 0.717) is 24.1 Å². The van der Waals surface area contributed by atoms with Crippen molar-refractivity contribution in [2.45, 2.75) is 38.6 Å². The molecule has 0 atom stereocenters. The molecule has 4 rings (SSSR count). The Balaban J connectivity index is 1.50. The van der Waals surface area contributed by atoms with Crippen LogP contribution >= 0.6 is 0 Å². The number of ketones is 1. The molecule has 0 fully saturated rings. The van der Waals surface area contributed by atoms with Crippen LogP contribution in [0, 0.1) is 0 Å². The average molecular weight is 470 g/mol. The third-order valence-corrected chi connectivity index (χ3v) is 6.22. The van der Waals surface area contributed by atoms with Crippen molar-refractivity contribution in [3.05, 3.63) is 94.8 Å². The fourth-order valence-electron chi connectivity index (χ4n) is 4.40. The Bertz CT molecular complexity index is 1270. The molecule has 3 aromatic rings. The van der Waals surface area contributed by atoms with Gasteiger partial charge >= 0.3 is 0 Å². The molecule has 1 amide bonds. The quantitative estimate of drug-likeness (QED) is 0.444. The Hall–Kier alpha value is -3.80. The number of amides is 1. The molecular formula is C29H31N3O3. The average Bonchev–Trinajstić information content (AvgIpc) is 2.86. The van der Waals surface area contributed by atoms with Crippen molar-refractivity contribution in [3.63, 3.8) is 0 Å². The maximum absolute atomic E-state index is 13.3. The van der Waals surface area contributed by atoms with Gasteiger partial charge in [0.15, 0.2) is 5.78 Å². The molecule has 2 heterocycles. The van der Waals surface area contributed by atoms with E-state index in [0.717, 1.165) is 34.7 Å². The predicted octanol–water partition coefficient (Wildman–Crippen LogP) is 4.80. The van der Waals surface area contributed by atoms with E-state index >= 15 is 0 Å². The number of benzene rings is 2. The van der Waals surface area contributed by atoms with Gasteiger partial charge in [0.25, 0.3) is 5.91 Å². The van der Waals surface area contributed by atoms with Gasteiger partial charge in [0.1, 0.15) is 5.75 Å². The van der Waals surface area contributed by atoms with Crippen LogP contribution in [-0.2, 0) is 12.8 Å². The molecule has 35 heavy (non-hydrogen) atoms. The molecule has 1 aliphatic rings. The molecule has 2 aromatic carbocycles. The molecule has 1 aliphatic heterocycles. The first-order valence-electron chi connectivity index (χ1n) is 11.8. The van der Waals surface area contributed by atoms with Gasteiger partial charge in [-0.05, 0) is 62.2 Å². The SMILES string of the molecule is COc1ccc2c(c1)C(CC(=O)c1cccc(C(=O)N(C)CCc3ccccn3)c1)=NC(C)(C)C2. The zero-order valence-electron chi connectivity index (χ0n) is 20.7. The van der Waals surface area contributed by atoms with Gasteiger partial charge in [0.2, 0.25) is 0 Å². The second-order valence-electron chi connectivity index (χ2n) is 9.55. The Kier molecular flexibility index (Phi) is 7.10. The van der Waals surface area contributed by atoms with E-state index in [4.69, 9.17) is 9.73 Å². The van der Waals surface area contributed by atoms with Crippen LogP contribution in [0.15, 0.2) is 71.9 Å². The van der Waals surface area contributed by atoms with Crippen LogP contribution in [0.2, 0.25) is 0 Å². The predicted molar refractivity (Wildman–Crippen MR) is 138 cm³/mol. The number of hydrogen-bond donors (Lipinski definition) is 0. The molecular weight excluding hydrogens is 438 g/mol. The number of methoxy groups -OCH3 is 1. The Morgan fingerprint density at radius 3 is 2.57 bits per heavy atom. The Morgan fingerprint density at radius 2 is 1.83 bits per heavy atom. The number of aliphatic imine (C=N–C) groups is 1. The van der Waals surface area contributed by atoms with Gasteiger partial charge in [-0.1, -0.05) is 24.3 Å². The number of ether oxygens (including phenoxy) is 1. The molecule has 0 aliphatic carbocycles. The summed E-state index contributed by atoms with van der Waals surface area (Å²) in [6.07, 6.45) is 3.38. The third-order valence-electron chi connectivity index (χ3n) is 6.22. The summed E-state index contributed by atoms with van der Waals surface area (Å²) in [6.45, 7) is 4.69. The van der Waals surface area contributed by atoms with Crippen LogP contribution in [0.4, 0.5) is 0 Å².